The predicted octanol–water partition coefficient (Wildman–Crippen LogP) is 6.18. The van der Waals surface area contributed by atoms with Gasteiger partial charge in [-0.15, -0.1) is 0 Å². The molecule has 31 heavy (non-hydrogen) atoms. The number of aliphatic hydroxyl groups is 3. The highest BCUT2D eigenvalue weighted by molar-refractivity contribution is 5.98. The van der Waals surface area contributed by atoms with Crippen LogP contribution in [0.4, 0.5) is 0 Å². The molecular formula is C27H48O4. The highest BCUT2D eigenvalue weighted by atomic mass is 16.4. The van der Waals surface area contributed by atoms with E-state index in [9.17, 15) is 20.1 Å². The summed E-state index contributed by atoms with van der Waals surface area (Å²) in [5.74, 6) is -0.498. The molecule has 0 spiro atoms. The van der Waals surface area contributed by atoms with Crippen LogP contribution in [-0.2, 0) is 4.79 Å². The fourth-order valence-electron chi connectivity index (χ4n) is 4.31. The van der Waals surface area contributed by atoms with Gasteiger partial charge in [0.05, 0.1) is 0 Å². The lowest BCUT2D eigenvalue weighted by Gasteiger charge is -2.35. The van der Waals surface area contributed by atoms with E-state index in [4.69, 9.17) is 0 Å². The lowest BCUT2D eigenvalue weighted by molar-refractivity contribution is -0.158. The number of hydrogen-bond donors (Lipinski definition) is 3. The van der Waals surface area contributed by atoms with Crippen LogP contribution in [0.3, 0.4) is 0 Å². The van der Waals surface area contributed by atoms with Crippen LogP contribution in [0.1, 0.15) is 122 Å². The molecule has 0 aromatic rings. The number of ketones is 1. The first-order valence-electron chi connectivity index (χ1n) is 13.0. The van der Waals surface area contributed by atoms with Crippen molar-refractivity contribution in [2.24, 2.45) is 0 Å². The van der Waals surface area contributed by atoms with Crippen molar-refractivity contribution in [2.75, 3.05) is 0 Å². The Morgan fingerprint density at radius 1 is 0.774 bits per heavy atom. The lowest BCUT2D eigenvalue weighted by atomic mass is 9.80. The Balaban J connectivity index is 1.87. The number of aliphatic hydroxyl groups excluding tert-OH is 2. The second-order valence-electron chi connectivity index (χ2n) is 9.33. The molecule has 0 unspecified atom stereocenters. The smallest absolute Gasteiger partial charge is 0.189 e. The second kappa shape index (κ2) is 17.6. The van der Waals surface area contributed by atoms with E-state index in [1.165, 1.54) is 102 Å². The van der Waals surface area contributed by atoms with Gasteiger partial charge in [-0.3, -0.25) is 4.79 Å². The van der Waals surface area contributed by atoms with Crippen molar-refractivity contribution in [1.82, 2.24) is 0 Å². The molecule has 0 saturated carbocycles. The lowest BCUT2D eigenvalue weighted by Crippen LogP contribution is -2.56. The van der Waals surface area contributed by atoms with Crippen LogP contribution in [0.2, 0.25) is 0 Å². The minimum absolute atomic E-state index is 0.209. The van der Waals surface area contributed by atoms with E-state index in [1.54, 1.807) is 0 Å². The quantitative estimate of drug-likeness (QED) is 0.167. The first kappa shape index (κ1) is 28.1. The summed E-state index contributed by atoms with van der Waals surface area (Å²) in [6, 6.07) is 0. The highest BCUT2D eigenvalue weighted by Crippen LogP contribution is 2.27. The first-order valence-corrected chi connectivity index (χ1v) is 13.0. The SMILES string of the molecule is CCCCCCCC/C=C\CCCCCCCCCCC[C@]1(O)C(=O)C=C[C@H](O)[C@H]1O. The Hall–Kier alpha value is -0.970. The number of unbranched alkanes of at least 4 members (excludes halogenated alkanes) is 15. The Morgan fingerprint density at radius 3 is 1.74 bits per heavy atom. The van der Waals surface area contributed by atoms with E-state index in [1.807, 2.05) is 0 Å². The monoisotopic (exact) mass is 436 g/mol. The Labute approximate surface area is 190 Å². The maximum Gasteiger partial charge on any atom is 0.189 e. The van der Waals surface area contributed by atoms with Crippen molar-refractivity contribution in [3.05, 3.63) is 24.3 Å². The molecule has 4 heteroatoms. The summed E-state index contributed by atoms with van der Waals surface area (Å²) in [7, 11) is 0. The van der Waals surface area contributed by atoms with Crippen molar-refractivity contribution in [3.63, 3.8) is 0 Å². The van der Waals surface area contributed by atoms with Crippen LogP contribution < -0.4 is 0 Å². The van der Waals surface area contributed by atoms with E-state index in [-0.39, 0.29) is 6.42 Å². The Morgan fingerprint density at radius 2 is 1.23 bits per heavy atom. The van der Waals surface area contributed by atoms with Crippen molar-refractivity contribution in [1.29, 1.82) is 0 Å². The largest absolute Gasteiger partial charge is 0.387 e. The molecule has 0 amide bonds. The summed E-state index contributed by atoms with van der Waals surface area (Å²) < 4.78 is 0. The van der Waals surface area contributed by atoms with Crippen LogP contribution in [0.15, 0.2) is 24.3 Å². The zero-order chi connectivity index (χ0) is 22.8. The summed E-state index contributed by atoms with van der Waals surface area (Å²) in [6.45, 7) is 2.26. The van der Waals surface area contributed by atoms with E-state index in [2.05, 4.69) is 19.1 Å². The van der Waals surface area contributed by atoms with Crippen LogP contribution >= 0.6 is 0 Å². The minimum Gasteiger partial charge on any atom is -0.387 e. The van der Waals surface area contributed by atoms with Gasteiger partial charge in [-0.2, -0.15) is 0 Å². The normalized spacial score (nSPS) is 23.8. The topological polar surface area (TPSA) is 77.8 Å². The summed E-state index contributed by atoms with van der Waals surface area (Å²) in [6.07, 6.45) is 25.8. The van der Waals surface area contributed by atoms with Gasteiger partial charge in [-0.1, -0.05) is 103 Å². The molecule has 0 aromatic heterocycles. The molecule has 1 rings (SSSR count). The van der Waals surface area contributed by atoms with Gasteiger partial charge in [-0.25, -0.2) is 0 Å². The predicted molar refractivity (Wildman–Crippen MR) is 129 cm³/mol. The third kappa shape index (κ3) is 12.0. The Bertz CT molecular complexity index is 513. The van der Waals surface area contributed by atoms with Crippen LogP contribution in [0.25, 0.3) is 0 Å². The molecule has 0 aromatic carbocycles. The van der Waals surface area contributed by atoms with Gasteiger partial charge < -0.3 is 15.3 Å². The molecule has 0 saturated heterocycles. The maximum absolute atomic E-state index is 11.9. The third-order valence-electron chi connectivity index (χ3n) is 6.50. The number of carbonyl (C=O) groups excluding carboxylic acids is 1. The standard InChI is InChI=1S/C27H48O4/c1-2-3-4-5-6-7-8-9-10-11-12-13-14-15-16-17-18-19-20-23-27(31)25(29)22-21-24(28)26(27)30/h9-10,21-22,24,26,28,30-31H,2-8,11-20,23H2,1H3/b10-9-/t24-,26+,27-/m0/s1. The molecule has 0 fully saturated rings. The summed E-state index contributed by atoms with van der Waals surface area (Å²) >= 11 is 0. The van der Waals surface area contributed by atoms with Gasteiger partial charge >= 0.3 is 0 Å². The molecule has 0 radical (unpaired) electrons. The molecule has 0 aliphatic heterocycles. The van der Waals surface area contributed by atoms with Crippen molar-refractivity contribution < 1.29 is 20.1 Å². The van der Waals surface area contributed by atoms with Gasteiger partial charge in [0, 0.05) is 0 Å². The Kier molecular flexibility index (Phi) is 15.9. The first-order chi connectivity index (χ1) is 15.0. The number of carbonyl (C=O) groups is 1. The van der Waals surface area contributed by atoms with Gasteiger partial charge in [0.2, 0.25) is 0 Å². The van der Waals surface area contributed by atoms with Crippen LogP contribution in [0, 0.1) is 0 Å². The summed E-state index contributed by atoms with van der Waals surface area (Å²) in [4.78, 5) is 11.9. The molecule has 1 aliphatic rings. The third-order valence-corrected chi connectivity index (χ3v) is 6.50. The van der Waals surface area contributed by atoms with E-state index in [0.29, 0.717) is 6.42 Å². The van der Waals surface area contributed by atoms with Crippen molar-refractivity contribution in [3.8, 4) is 0 Å². The summed E-state index contributed by atoms with van der Waals surface area (Å²) in [5.41, 5.74) is -1.82. The fourth-order valence-corrected chi connectivity index (χ4v) is 4.31. The number of hydrogen-bond acceptors (Lipinski definition) is 4. The number of allylic oxidation sites excluding steroid dienone is 2. The highest BCUT2D eigenvalue weighted by Gasteiger charge is 2.46. The molecule has 180 valence electrons. The molecule has 3 N–H and O–H groups in total. The maximum atomic E-state index is 11.9. The second-order valence-corrected chi connectivity index (χ2v) is 9.33. The van der Waals surface area contributed by atoms with E-state index >= 15 is 0 Å². The minimum atomic E-state index is -1.82. The number of rotatable bonds is 19. The van der Waals surface area contributed by atoms with Gasteiger partial charge in [-0.05, 0) is 44.3 Å². The van der Waals surface area contributed by atoms with Gasteiger partial charge in [0.15, 0.2) is 11.4 Å². The average molecular weight is 437 g/mol. The van der Waals surface area contributed by atoms with Gasteiger partial charge in [0.1, 0.15) is 12.2 Å². The average Bonchev–Trinajstić information content (AvgIpc) is 2.77. The molecular weight excluding hydrogens is 388 g/mol. The van der Waals surface area contributed by atoms with E-state index in [0.717, 1.165) is 12.8 Å². The molecule has 4 nitrogen and oxygen atoms in total. The molecule has 3 atom stereocenters. The van der Waals surface area contributed by atoms with E-state index < -0.39 is 23.6 Å². The van der Waals surface area contributed by atoms with Crippen molar-refractivity contribution in [2.45, 2.75) is 140 Å². The van der Waals surface area contributed by atoms with Crippen LogP contribution in [0.5, 0.6) is 0 Å². The zero-order valence-electron chi connectivity index (χ0n) is 19.9. The zero-order valence-corrected chi connectivity index (χ0v) is 19.9. The van der Waals surface area contributed by atoms with Crippen molar-refractivity contribution >= 4 is 5.78 Å². The fraction of sp³-hybridized carbons (Fsp3) is 0.815. The van der Waals surface area contributed by atoms with Gasteiger partial charge in [0.25, 0.3) is 0 Å². The molecule has 0 heterocycles. The molecule has 0 bridgehead atoms. The van der Waals surface area contributed by atoms with Crippen LogP contribution in [-0.4, -0.2) is 38.9 Å². The summed E-state index contributed by atoms with van der Waals surface area (Å²) in [5, 5.41) is 30.0. The molecule has 1 aliphatic carbocycles.